The van der Waals surface area contributed by atoms with E-state index in [1.807, 2.05) is 6.92 Å². The minimum Gasteiger partial charge on any atom is -0.384 e. The molecular weight excluding hydrogens is 188 g/mol. The van der Waals surface area contributed by atoms with Crippen LogP contribution in [0.2, 0.25) is 0 Å². The van der Waals surface area contributed by atoms with E-state index in [0.717, 1.165) is 12.4 Å². The van der Waals surface area contributed by atoms with Crippen molar-refractivity contribution >= 4 is 11.6 Å². The van der Waals surface area contributed by atoms with Crippen LogP contribution in [0.25, 0.3) is 0 Å². The topological polar surface area (TPSA) is 63.8 Å². The number of rotatable bonds is 5. The zero-order chi connectivity index (χ0) is 11.3. The van der Waals surface area contributed by atoms with Gasteiger partial charge in [-0.15, -0.1) is 0 Å². The van der Waals surface area contributed by atoms with Crippen LogP contribution in [0.4, 0.5) is 11.6 Å². The third-order valence-electron chi connectivity index (χ3n) is 2.58. The molecule has 0 atom stereocenters. The van der Waals surface area contributed by atoms with Gasteiger partial charge in [-0.3, -0.25) is 0 Å². The maximum atomic E-state index is 5.64. The Kier molecular flexibility index (Phi) is 4.34. The van der Waals surface area contributed by atoms with Gasteiger partial charge in [0.25, 0.3) is 0 Å². The highest BCUT2D eigenvalue weighted by Crippen LogP contribution is 2.11. The molecular formula is C11H20N4. The first kappa shape index (κ1) is 11.8. The number of hydrogen-bond donors (Lipinski definition) is 2. The molecule has 3 N–H and O–H groups in total. The summed E-state index contributed by atoms with van der Waals surface area (Å²) in [6.07, 6.45) is 2.37. The van der Waals surface area contributed by atoms with Gasteiger partial charge >= 0.3 is 0 Å². The molecule has 1 rings (SSSR count). The molecule has 4 heteroatoms. The molecule has 0 saturated carbocycles. The van der Waals surface area contributed by atoms with E-state index in [9.17, 15) is 0 Å². The molecule has 0 aromatic carbocycles. The van der Waals surface area contributed by atoms with Gasteiger partial charge in [0.05, 0.1) is 0 Å². The Hall–Kier alpha value is -1.32. The van der Waals surface area contributed by atoms with Crippen molar-refractivity contribution in [1.82, 2.24) is 9.97 Å². The second-order valence-electron chi connectivity index (χ2n) is 3.79. The average Bonchev–Trinajstić information content (AvgIpc) is 2.18. The van der Waals surface area contributed by atoms with Gasteiger partial charge in [-0.2, -0.15) is 0 Å². The maximum absolute atomic E-state index is 5.64. The highest BCUT2D eigenvalue weighted by molar-refractivity contribution is 5.44. The van der Waals surface area contributed by atoms with E-state index in [4.69, 9.17) is 5.73 Å². The minimum atomic E-state index is 0.523. The van der Waals surface area contributed by atoms with E-state index in [1.165, 1.54) is 12.8 Å². The van der Waals surface area contributed by atoms with Gasteiger partial charge < -0.3 is 11.1 Å². The summed E-state index contributed by atoms with van der Waals surface area (Å²) in [5.74, 6) is 2.75. The molecule has 0 saturated heterocycles. The summed E-state index contributed by atoms with van der Waals surface area (Å²) in [5, 5.41) is 3.30. The number of aromatic nitrogens is 2. The predicted molar refractivity (Wildman–Crippen MR) is 63.7 cm³/mol. The van der Waals surface area contributed by atoms with Crippen molar-refractivity contribution in [1.29, 1.82) is 0 Å². The smallest absolute Gasteiger partial charge is 0.131 e. The predicted octanol–water partition coefficient (Wildman–Crippen LogP) is 2.22. The summed E-state index contributed by atoms with van der Waals surface area (Å²) in [7, 11) is 0. The Bertz CT molecular complexity index is 287. The molecule has 0 aliphatic rings. The summed E-state index contributed by atoms with van der Waals surface area (Å²) in [6.45, 7) is 7.20. The molecule has 0 aliphatic carbocycles. The van der Waals surface area contributed by atoms with Crippen molar-refractivity contribution in [3.63, 3.8) is 0 Å². The molecule has 1 heterocycles. The minimum absolute atomic E-state index is 0.523. The highest BCUT2D eigenvalue weighted by Gasteiger charge is 2.04. The van der Waals surface area contributed by atoms with E-state index in [1.54, 1.807) is 6.07 Å². The van der Waals surface area contributed by atoms with Gasteiger partial charge in [0.1, 0.15) is 17.5 Å². The van der Waals surface area contributed by atoms with E-state index in [-0.39, 0.29) is 0 Å². The second kappa shape index (κ2) is 5.53. The van der Waals surface area contributed by atoms with Crippen molar-refractivity contribution in [2.24, 2.45) is 5.92 Å². The number of nitrogen functional groups attached to an aromatic ring is 1. The van der Waals surface area contributed by atoms with Crippen LogP contribution in [0.15, 0.2) is 6.07 Å². The lowest BCUT2D eigenvalue weighted by Gasteiger charge is -2.13. The fourth-order valence-electron chi connectivity index (χ4n) is 1.51. The summed E-state index contributed by atoms with van der Waals surface area (Å²) >= 11 is 0. The largest absolute Gasteiger partial charge is 0.384 e. The lowest BCUT2D eigenvalue weighted by molar-refractivity contribution is 0.518. The molecule has 0 fully saturated rings. The Morgan fingerprint density at radius 3 is 2.53 bits per heavy atom. The van der Waals surface area contributed by atoms with Gasteiger partial charge in [-0.25, -0.2) is 9.97 Å². The summed E-state index contributed by atoms with van der Waals surface area (Å²) in [6, 6.07) is 1.77. The van der Waals surface area contributed by atoms with Crippen molar-refractivity contribution < 1.29 is 0 Å². The zero-order valence-electron chi connectivity index (χ0n) is 9.75. The molecule has 0 aliphatic heterocycles. The Morgan fingerprint density at radius 2 is 2.00 bits per heavy atom. The molecule has 0 amide bonds. The van der Waals surface area contributed by atoms with Crippen LogP contribution in [-0.4, -0.2) is 16.5 Å². The first-order valence-corrected chi connectivity index (χ1v) is 5.50. The first-order valence-electron chi connectivity index (χ1n) is 5.50. The molecule has 1 aromatic rings. The monoisotopic (exact) mass is 208 g/mol. The molecule has 15 heavy (non-hydrogen) atoms. The molecule has 0 unspecified atom stereocenters. The third kappa shape index (κ3) is 3.73. The van der Waals surface area contributed by atoms with Crippen LogP contribution in [0.5, 0.6) is 0 Å². The summed E-state index contributed by atoms with van der Waals surface area (Å²) in [4.78, 5) is 8.30. The van der Waals surface area contributed by atoms with Crippen molar-refractivity contribution in [2.45, 2.75) is 33.6 Å². The van der Waals surface area contributed by atoms with Crippen LogP contribution >= 0.6 is 0 Å². The van der Waals surface area contributed by atoms with Gasteiger partial charge in [-0.05, 0) is 12.8 Å². The number of hydrogen-bond acceptors (Lipinski definition) is 4. The van der Waals surface area contributed by atoms with Gasteiger partial charge in [0, 0.05) is 12.6 Å². The van der Waals surface area contributed by atoms with Crippen molar-refractivity contribution in [3.05, 3.63) is 11.9 Å². The van der Waals surface area contributed by atoms with Crippen LogP contribution < -0.4 is 11.1 Å². The van der Waals surface area contributed by atoms with Gasteiger partial charge in [0.2, 0.25) is 0 Å². The Labute approximate surface area is 91.3 Å². The number of nitrogens with zero attached hydrogens (tertiary/aromatic N) is 2. The fraction of sp³-hybridized carbons (Fsp3) is 0.636. The lowest BCUT2D eigenvalue weighted by atomic mass is 10.0. The van der Waals surface area contributed by atoms with Crippen LogP contribution in [0, 0.1) is 12.8 Å². The van der Waals surface area contributed by atoms with E-state index in [2.05, 4.69) is 29.1 Å². The quantitative estimate of drug-likeness (QED) is 0.778. The van der Waals surface area contributed by atoms with Crippen molar-refractivity contribution in [3.8, 4) is 0 Å². The van der Waals surface area contributed by atoms with Crippen LogP contribution in [-0.2, 0) is 0 Å². The van der Waals surface area contributed by atoms with Crippen molar-refractivity contribution in [2.75, 3.05) is 17.6 Å². The van der Waals surface area contributed by atoms with E-state index < -0.39 is 0 Å². The SMILES string of the molecule is CCC(CC)CNc1cc(N)nc(C)n1. The lowest BCUT2D eigenvalue weighted by Crippen LogP contribution is -2.14. The molecule has 0 bridgehead atoms. The van der Waals surface area contributed by atoms with Crippen LogP contribution in [0.1, 0.15) is 32.5 Å². The molecule has 0 radical (unpaired) electrons. The number of nitrogens with two attached hydrogens (primary N) is 1. The number of anilines is 2. The zero-order valence-corrected chi connectivity index (χ0v) is 9.75. The maximum Gasteiger partial charge on any atom is 0.131 e. The number of aryl methyl sites for hydroxylation is 1. The number of nitrogens with one attached hydrogen (secondary N) is 1. The second-order valence-corrected chi connectivity index (χ2v) is 3.79. The molecule has 0 spiro atoms. The molecule has 1 aromatic heterocycles. The summed E-state index contributed by atoms with van der Waals surface area (Å²) < 4.78 is 0. The molecule has 84 valence electrons. The van der Waals surface area contributed by atoms with E-state index in [0.29, 0.717) is 17.6 Å². The normalized spacial score (nSPS) is 10.7. The van der Waals surface area contributed by atoms with Gasteiger partial charge in [0.15, 0.2) is 0 Å². The third-order valence-corrected chi connectivity index (χ3v) is 2.58. The standard InChI is InChI=1S/C11H20N4/c1-4-9(5-2)7-13-11-6-10(12)14-8(3)15-11/h6,9H,4-5,7H2,1-3H3,(H3,12,13,14,15). The van der Waals surface area contributed by atoms with Gasteiger partial charge in [-0.1, -0.05) is 26.7 Å². The Balaban J connectivity index is 2.57. The first-order chi connectivity index (χ1) is 7.15. The molecule has 4 nitrogen and oxygen atoms in total. The Morgan fingerprint density at radius 1 is 1.33 bits per heavy atom. The highest BCUT2D eigenvalue weighted by atomic mass is 15.0. The van der Waals surface area contributed by atoms with Crippen LogP contribution in [0.3, 0.4) is 0 Å². The average molecular weight is 208 g/mol. The summed E-state index contributed by atoms with van der Waals surface area (Å²) in [5.41, 5.74) is 5.64. The fourth-order valence-corrected chi connectivity index (χ4v) is 1.51. The van der Waals surface area contributed by atoms with E-state index >= 15 is 0 Å².